The number of carbonyl (C=O) groups is 1. The third kappa shape index (κ3) is 6.97. The highest BCUT2D eigenvalue weighted by atomic mass is 16.2. The zero-order valence-corrected chi connectivity index (χ0v) is 12.2. The number of likely N-dealkylation sites (N-methyl/N-ethyl adjacent to an activating group) is 1. The second kappa shape index (κ2) is 8.48. The molecule has 0 radical (unpaired) electrons. The molecule has 0 aromatic rings. The molecule has 18 heavy (non-hydrogen) atoms. The van der Waals surface area contributed by atoms with Gasteiger partial charge in [-0.25, -0.2) is 0 Å². The van der Waals surface area contributed by atoms with Crippen molar-refractivity contribution in [1.82, 2.24) is 15.5 Å². The first kappa shape index (κ1) is 15.4. The average molecular weight is 255 g/mol. The van der Waals surface area contributed by atoms with Crippen molar-refractivity contribution in [2.24, 2.45) is 11.8 Å². The van der Waals surface area contributed by atoms with Gasteiger partial charge in [0.25, 0.3) is 0 Å². The number of hydrogen-bond acceptors (Lipinski definition) is 3. The van der Waals surface area contributed by atoms with E-state index in [0.29, 0.717) is 12.5 Å². The lowest BCUT2D eigenvalue weighted by molar-refractivity contribution is -0.122. The fraction of sp³-hybridized carbons (Fsp3) is 0.929. The minimum atomic E-state index is 0.159. The zero-order chi connectivity index (χ0) is 13.4. The number of carbonyl (C=O) groups excluding carboxylic acids is 1. The summed E-state index contributed by atoms with van der Waals surface area (Å²) in [7, 11) is 2.05. The van der Waals surface area contributed by atoms with Gasteiger partial charge < -0.3 is 10.6 Å². The van der Waals surface area contributed by atoms with Crippen LogP contribution in [0.5, 0.6) is 0 Å². The third-order valence-corrected chi connectivity index (χ3v) is 3.49. The fourth-order valence-corrected chi connectivity index (χ4v) is 2.37. The molecule has 2 N–H and O–H groups in total. The van der Waals surface area contributed by atoms with E-state index in [1.165, 1.54) is 12.8 Å². The molecular weight excluding hydrogens is 226 g/mol. The van der Waals surface area contributed by atoms with E-state index in [1.807, 2.05) is 7.05 Å². The molecule has 1 aliphatic heterocycles. The molecule has 0 saturated carbocycles. The van der Waals surface area contributed by atoms with Gasteiger partial charge in [0.2, 0.25) is 5.91 Å². The lowest BCUT2D eigenvalue weighted by Gasteiger charge is -2.27. The molecule has 1 rings (SSSR count). The Balaban J connectivity index is 2.10. The second-order valence-electron chi connectivity index (χ2n) is 5.92. The van der Waals surface area contributed by atoms with Crippen LogP contribution >= 0.6 is 0 Å². The Morgan fingerprint density at radius 2 is 2.06 bits per heavy atom. The van der Waals surface area contributed by atoms with Gasteiger partial charge in [0.1, 0.15) is 0 Å². The van der Waals surface area contributed by atoms with Gasteiger partial charge >= 0.3 is 0 Å². The van der Waals surface area contributed by atoms with Crippen molar-refractivity contribution in [3.05, 3.63) is 0 Å². The van der Waals surface area contributed by atoms with Gasteiger partial charge in [0, 0.05) is 13.1 Å². The lowest BCUT2D eigenvalue weighted by Crippen LogP contribution is -2.40. The van der Waals surface area contributed by atoms with Crippen molar-refractivity contribution in [2.45, 2.75) is 33.1 Å². The standard InChI is InChI=1S/C14H29N3O/c1-12(2)4-9-16-14(18)11-17(3)10-13-5-7-15-8-6-13/h12-13,15H,4-11H2,1-3H3,(H,16,18). The van der Waals surface area contributed by atoms with Gasteiger partial charge in [-0.05, 0) is 51.2 Å². The van der Waals surface area contributed by atoms with E-state index in [1.54, 1.807) is 0 Å². The molecule has 1 fully saturated rings. The van der Waals surface area contributed by atoms with Crippen LogP contribution in [-0.2, 0) is 4.79 Å². The van der Waals surface area contributed by atoms with Gasteiger partial charge in [-0.2, -0.15) is 0 Å². The molecule has 0 aromatic heterocycles. The van der Waals surface area contributed by atoms with E-state index in [2.05, 4.69) is 29.4 Å². The van der Waals surface area contributed by atoms with Gasteiger partial charge in [0.05, 0.1) is 6.54 Å². The largest absolute Gasteiger partial charge is 0.355 e. The lowest BCUT2D eigenvalue weighted by atomic mass is 9.98. The monoisotopic (exact) mass is 255 g/mol. The summed E-state index contributed by atoms with van der Waals surface area (Å²) in [6.07, 6.45) is 3.53. The number of piperidine rings is 1. The van der Waals surface area contributed by atoms with Gasteiger partial charge in [-0.3, -0.25) is 9.69 Å². The smallest absolute Gasteiger partial charge is 0.234 e. The molecule has 1 saturated heterocycles. The van der Waals surface area contributed by atoms with E-state index in [0.717, 1.165) is 38.5 Å². The maximum absolute atomic E-state index is 11.7. The zero-order valence-electron chi connectivity index (χ0n) is 12.2. The molecule has 106 valence electrons. The highest BCUT2D eigenvalue weighted by molar-refractivity contribution is 5.77. The van der Waals surface area contributed by atoms with Crippen molar-refractivity contribution >= 4 is 5.91 Å². The van der Waals surface area contributed by atoms with Crippen LogP contribution in [0.15, 0.2) is 0 Å². The molecule has 4 nitrogen and oxygen atoms in total. The number of hydrogen-bond donors (Lipinski definition) is 2. The molecule has 1 aliphatic rings. The summed E-state index contributed by atoms with van der Waals surface area (Å²) >= 11 is 0. The summed E-state index contributed by atoms with van der Waals surface area (Å²) < 4.78 is 0. The SMILES string of the molecule is CC(C)CCNC(=O)CN(C)CC1CCNCC1. The minimum Gasteiger partial charge on any atom is -0.355 e. The van der Waals surface area contributed by atoms with E-state index in [4.69, 9.17) is 0 Å². The summed E-state index contributed by atoms with van der Waals surface area (Å²) in [5.74, 6) is 1.56. The Labute approximate surface area is 111 Å². The maximum atomic E-state index is 11.7. The Kier molecular flexibility index (Phi) is 7.28. The molecule has 4 heteroatoms. The van der Waals surface area contributed by atoms with Gasteiger partial charge in [0.15, 0.2) is 0 Å². The highest BCUT2D eigenvalue weighted by Gasteiger charge is 2.16. The topological polar surface area (TPSA) is 44.4 Å². The minimum absolute atomic E-state index is 0.159. The number of nitrogens with one attached hydrogen (secondary N) is 2. The summed E-state index contributed by atoms with van der Waals surface area (Å²) in [5, 5.41) is 6.36. The van der Waals surface area contributed by atoms with E-state index in [-0.39, 0.29) is 5.91 Å². The Bertz CT molecular complexity index is 237. The van der Waals surface area contributed by atoms with Crippen LogP contribution in [0.4, 0.5) is 0 Å². The molecule has 0 unspecified atom stereocenters. The molecular formula is C14H29N3O. The van der Waals surface area contributed by atoms with Crippen LogP contribution in [0.1, 0.15) is 33.1 Å². The highest BCUT2D eigenvalue weighted by Crippen LogP contribution is 2.12. The van der Waals surface area contributed by atoms with Crippen molar-refractivity contribution in [1.29, 1.82) is 0 Å². The molecule has 0 bridgehead atoms. The summed E-state index contributed by atoms with van der Waals surface area (Å²) in [4.78, 5) is 13.9. The van der Waals surface area contributed by atoms with Crippen molar-refractivity contribution < 1.29 is 4.79 Å². The van der Waals surface area contributed by atoms with Crippen molar-refractivity contribution in [3.8, 4) is 0 Å². The first-order valence-electron chi connectivity index (χ1n) is 7.24. The molecule has 0 aliphatic carbocycles. The van der Waals surface area contributed by atoms with E-state index in [9.17, 15) is 4.79 Å². The maximum Gasteiger partial charge on any atom is 0.234 e. The Morgan fingerprint density at radius 3 is 2.67 bits per heavy atom. The first-order chi connectivity index (χ1) is 8.58. The number of nitrogens with zero attached hydrogens (tertiary/aromatic N) is 1. The van der Waals surface area contributed by atoms with Crippen LogP contribution in [0.25, 0.3) is 0 Å². The van der Waals surface area contributed by atoms with Crippen LogP contribution in [0.3, 0.4) is 0 Å². The molecule has 1 heterocycles. The van der Waals surface area contributed by atoms with Crippen molar-refractivity contribution in [2.75, 3.05) is 39.8 Å². The molecule has 0 atom stereocenters. The predicted molar refractivity (Wildman–Crippen MR) is 75.6 cm³/mol. The van der Waals surface area contributed by atoms with Crippen molar-refractivity contribution in [3.63, 3.8) is 0 Å². The van der Waals surface area contributed by atoms with E-state index >= 15 is 0 Å². The number of rotatable bonds is 7. The third-order valence-electron chi connectivity index (χ3n) is 3.49. The summed E-state index contributed by atoms with van der Waals surface area (Å²) in [6, 6.07) is 0. The quantitative estimate of drug-likeness (QED) is 0.715. The van der Waals surface area contributed by atoms with Gasteiger partial charge in [-0.15, -0.1) is 0 Å². The van der Waals surface area contributed by atoms with Crippen LogP contribution in [-0.4, -0.2) is 50.6 Å². The van der Waals surface area contributed by atoms with E-state index < -0.39 is 0 Å². The average Bonchev–Trinajstić information content (AvgIpc) is 2.29. The summed E-state index contributed by atoms with van der Waals surface area (Å²) in [6.45, 7) is 8.97. The molecule has 0 aromatic carbocycles. The van der Waals surface area contributed by atoms with Crippen LogP contribution in [0.2, 0.25) is 0 Å². The molecule has 1 amide bonds. The normalized spacial score (nSPS) is 17.4. The fourth-order valence-electron chi connectivity index (χ4n) is 2.37. The Hall–Kier alpha value is -0.610. The first-order valence-corrected chi connectivity index (χ1v) is 7.24. The van der Waals surface area contributed by atoms with Crippen LogP contribution in [0, 0.1) is 11.8 Å². The predicted octanol–water partition coefficient (Wildman–Crippen LogP) is 1.08. The number of amides is 1. The molecule has 0 spiro atoms. The second-order valence-corrected chi connectivity index (χ2v) is 5.92. The van der Waals surface area contributed by atoms with Gasteiger partial charge in [-0.1, -0.05) is 13.8 Å². The summed E-state index contributed by atoms with van der Waals surface area (Å²) in [5.41, 5.74) is 0. The van der Waals surface area contributed by atoms with Crippen LogP contribution < -0.4 is 10.6 Å². The Morgan fingerprint density at radius 1 is 1.39 bits per heavy atom.